The molecule has 0 saturated carbocycles. The van der Waals surface area contributed by atoms with Crippen LogP contribution in [0.4, 0.5) is 10.3 Å². The lowest BCUT2D eigenvalue weighted by molar-refractivity contribution is 0.0594. The molecule has 3 heterocycles. The van der Waals surface area contributed by atoms with E-state index in [1.54, 1.807) is 10.7 Å². The second kappa shape index (κ2) is 7.07. The molecule has 7 nitrogen and oxygen atoms in total. The number of hydrogen-bond acceptors (Lipinski definition) is 6. The maximum atomic E-state index is 14.0. The molecule has 0 amide bonds. The Bertz CT molecular complexity index is 999. The number of ether oxygens (including phenoxy) is 1. The molecule has 1 aliphatic heterocycles. The summed E-state index contributed by atoms with van der Waals surface area (Å²) < 4.78 is 21.2. The molecule has 0 fully saturated rings. The highest BCUT2D eigenvalue weighted by Gasteiger charge is 2.25. The first-order chi connectivity index (χ1) is 13.0. The van der Waals surface area contributed by atoms with Gasteiger partial charge < -0.3 is 9.64 Å². The number of hydrogen-bond donors (Lipinski definition) is 0. The molecule has 9 heteroatoms. The molecule has 0 saturated heterocycles. The Labute approximate surface area is 162 Å². The van der Waals surface area contributed by atoms with Crippen molar-refractivity contribution >= 4 is 27.8 Å². The molecular formula is C18H15BrFN5O2. The van der Waals surface area contributed by atoms with Gasteiger partial charge in [-0.25, -0.2) is 19.2 Å². The van der Waals surface area contributed by atoms with Crippen molar-refractivity contribution in [3.63, 3.8) is 0 Å². The third kappa shape index (κ3) is 3.55. The summed E-state index contributed by atoms with van der Waals surface area (Å²) in [5.74, 6) is -0.326. The first kappa shape index (κ1) is 17.6. The van der Waals surface area contributed by atoms with Crippen LogP contribution in [0.15, 0.2) is 41.1 Å². The number of nitrogens with zero attached hydrogens (tertiary/aromatic N) is 5. The highest BCUT2D eigenvalue weighted by atomic mass is 79.9. The van der Waals surface area contributed by atoms with Gasteiger partial charge in [0.15, 0.2) is 5.69 Å². The molecular weight excluding hydrogens is 417 g/mol. The first-order valence-electron chi connectivity index (χ1n) is 8.19. The summed E-state index contributed by atoms with van der Waals surface area (Å²) in [5, 5.41) is 4.55. The summed E-state index contributed by atoms with van der Waals surface area (Å²) in [6.45, 7) is 1.46. The van der Waals surface area contributed by atoms with Gasteiger partial charge in [0.1, 0.15) is 5.82 Å². The third-order valence-electron chi connectivity index (χ3n) is 4.29. The summed E-state index contributed by atoms with van der Waals surface area (Å²) in [6, 6.07) is 6.50. The quantitative estimate of drug-likeness (QED) is 0.591. The molecule has 3 aromatic rings. The number of fused-ring (bicyclic) bond motifs is 1. The topological polar surface area (TPSA) is 73.1 Å². The van der Waals surface area contributed by atoms with Crippen LogP contribution in [0, 0.1) is 5.82 Å². The number of carbonyl (C=O) groups excluding carboxylic acids is 1. The largest absolute Gasteiger partial charge is 0.464 e. The van der Waals surface area contributed by atoms with Gasteiger partial charge in [-0.05, 0) is 18.2 Å². The lowest BCUT2D eigenvalue weighted by Gasteiger charge is -2.15. The van der Waals surface area contributed by atoms with E-state index in [1.807, 2.05) is 17.2 Å². The Hall–Kier alpha value is -2.81. The molecule has 0 unspecified atom stereocenters. The van der Waals surface area contributed by atoms with Gasteiger partial charge in [0.05, 0.1) is 25.9 Å². The van der Waals surface area contributed by atoms with E-state index in [9.17, 15) is 9.18 Å². The van der Waals surface area contributed by atoms with Crippen LogP contribution in [0.1, 0.15) is 27.3 Å². The van der Waals surface area contributed by atoms with Gasteiger partial charge in [-0.3, -0.25) is 4.68 Å². The summed E-state index contributed by atoms with van der Waals surface area (Å²) in [7, 11) is 1.31. The van der Waals surface area contributed by atoms with Crippen molar-refractivity contribution in [1.82, 2.24) is 19.7 Å². The molecule has 4 rings (SSSR count). The molecule has 0 N–H and O–H groups in total. The second-order valence-electron chi connectivity index (χ2n) is 6.12. The van der Waals surface area contributed by atoms with Crippen molar-refractivity contribution in [1.29, 1.82) is 0 Å². The fraction of sp³-hybridized carbons (Fsp3) is 0.222. The smallest absolute Gasteiger partial charge is 0.356 e. The molecule has 0 radical (unpaired) electrons. The van der Waals surface area contributed by atoms with E-state index in [0.717, 1.165) is 11.3 Å². The Morgan fingerprint density at radius 1 is 1.33 bits per heavy atom. The Kier molecular flexibility index (Phi) is 4.61. The zero-order valence-electron chi connectivity index (χ0n) is 14.4. The number of halogens is 2. The summed E-state index contributed by atoms with van der Waals surface area (Å²) in [6.07, 6.45) is 3.43. The highest BCUT2D eigenvalue weighted by Crippen LogP contribution is 2.25. The van der Waals surface area contributed by atoms with Crippen LogP contribution in [0.5, 0.6) is 0 Å². The molecule has 1 aromatic carbocycles. The van der Waals surface area contributed by atoms with Gasteiger partial charge in [-0.15, -0.1) is 0 Å². The van der Waals surface area contributed by atoms with Crippen molar-refractivity contribution in [3.05, 3.63) is 69.5 Å². The van der Waals surface area contributed by atoms with Crippen LogP contribution >= 0.6 is 15.9 Å². The number of aromatic nitrogens is 4. The van der Waals surface area contributed by atoms with E-state index in [4.69, 9.17) is 4.74 Å². The monoisotopic (exact) mass is 431 g/mol. The molecule has 1 aliphatic rings. The normalized spacial score (nSPS) is 12.9. The minimum Gasteiger partial charge on any atom is -0.464 e. The molecule has 0 spiro atoms. The molecule has 0 atom stereocenters. The van der Waals surface area contributed by atoms with Crippen molar-refractivity contribution in [3.8, 4) is 0 Å². The van der Waals surface area contributed by atoms with Crippen LogP contribution < -0.4 is 4.90 Å². The van der Waals surface area contributed by atoms with E-state index >= 15 is 0 Å². The van der Waals surface area contributed by atoms with E-state index in [-0.39, 0.29) is 11.5 Å². The van der Waals surface area contributed by atoms with Gasteiger partial charge in [-0.1, -0.05) is 22.0 Å². The number of rotatable bonds is 4. The number of methoxy groups -OCH3 is 1. The van der Waals surface area contributed by atoms with E-state index < -0.39 is 5.97 Å². The lowest BCUT2D eigenvalue weighted by Crippen LogP contribution is -2.20. The fourth-order valence-corrected chi connectivity index (χ4v) is 3.31. The van der Waals surface area contributed by atoms with Gasteiger partial charge in [-0.2, -0.15) is 5.10 Å². The minimum absolute atomic E-state index is 0.211. The summed E-state index contributed by atoms with van der Waals surface area (Å²) in [4.78, 5) is 22.0. The number of carbonyl (C=O) groups is 1. The summed E-state index contributed by atoms with van der Waals surface area (Å²) >= 11 is 3.26. The summed E-state index contributed by atoms with van der Waals surface area (Å²) in [5.41, 5.74) is 2.70. The van der Waals surface area contributed by atoms with Gasteiger partial charge in [0.2, 0.25) is 5.95 Å². The molecule has 27 heavy (non-hydrogen) atoms. The predicted molar refractivity (Wildman–Crippen MR) is 98.7 cm³/mol. The van der Waals surface area contributed by atoms with Gasteiger partial charge in [0.25, 0.3) is 0 Å². The molecule has 2 aromatic heterocycles. The van der Waals surface area contributed by atoms with Crippen LogP contribution in [0.2, 0.25) is 0 Å². The van der Waals surface area contributed by atoms with Crippen LogP contribution in [-0.4, -0.2) is 32.8 Å². The SMILES string of the molecule is COC(=O)c1ccnc(N2Cc3cn(Cc4ccc(Br)cc4F)nc3C2)n1. The fourth-order valence-electron chi connectivity index (χ4n) is 2.98. The maximum Gasteiger partial charge on any atom is 0.356 e. The average molecular weight is 432 g/mol. The standard InChI is InChI=1S/C18H15BrFN5O2/c1-27-17(26)15-4-5-21-18(22-15)24-7-12-9-25(23-16(12)10-24)8-11-2-3-13(19)6-14(11)20/h2-6,9H,7-8,10H2,1H3. The van der Waals surface area contributed by atoms with Crippen molar-refractivity contribution in [2.45, 2.75) is 19.6 Å². The minimum atomic E-state index is -0.503. The second-order valence-corrected chi connectivity index (χ2v) is 7.04. The van der Waals surface area contributed by atoms with Crippen molar-refractivity contribution in [2.24, 2.45) is 0 Å². The van der Waals surface area contributed by atoms with Crippen molar-refractivity contribution < 1.29 is 13.9 Å². The third-order valence-corrected chi connectivity index (χ3v) is 4.79. The number of anilines is 1. The van der Waals surface area contributed by atoms with E-state index in [1.165, 1.54) is 25.4 Å². The average Bonchev–Trinajstić information content (AvgIpc) is 3.22. The van der Waals surface area contributed by atoms with Crippen LogP contribution in [0.3, 0.4) is 0 Å². The zero-order valence-corrected chi connectivity index (χ0v) is 16.0. The first-order valence-corrected chi connectivity index (χ1v) is 8.98. The van der Waals surface area contributed by atoms with E-state index in [2.05, 4.69) is 31.0 Å². The zero-order chi connectivity index (χ0) is 19.0. The Morgan fingerprint density at radius 3 is 2.93 bits per heavy atom. The molecule has 138 valence electrons. The predicted octanol–water partition coefficient (Wildman–Crippen LogP) is 2.93. The van der Waals surface area contributed by atoms with E-state index in [0.29, 0.717) is 35.6 Å². The number of benzene rings is 1. The maximum absolute atomic E-state index is 14.0. The Balaban J connectivity index is 1.49. The van der Waals surface area contributed by atoms with Gasteiger partial charge in [0, 0.05) is 34.5 Å². The van der Waals surface area contributed by atoms with Crippen molar-refractivity contribution in [2.75, 3.05) is 12.0 Å². The van der Waals surface area contributed by atoms with Gasteiger partial charge >= 0.3 is 5.97 Å². The Morgan fingerprint density at radius 2 is 2.19 bits per heavy atom. The highest BCUT2D eigenvalue weighted by molar-refractivity contribution is 9.10. The van der Waals surface area contributed by atoms with Crippen LogP contribution in [0.25, 0.3) is 0 Å². The van der Waals surface area contributed by atoms with Crippen LogP contribution in [-0.2, 0) is 24.4 Å². The molecule has 0 aliphatic carbocycles. The lowest BCUT2D eigenvalue weighted by atomic mass is 10.2. The number of esters is 1. The molecule has 0 bridgehead atoms.